The van der Waals surface area contributed by atoms with Crippen LogP contribution in [0.4, 0.5) is 8.78 Å². The van der Waals surface area contributed by atoms with Crippen LogP contribution in [0.15, 0.2) is 28.1 Å². The third-order valence-electron chi connectivity index (χ3n) is 2.22. The molecule has 0 fully saturated rings. The molecule has 1 aromatic heterocycles. The van der Waals surface area contributed by atoms with Gasteiger partial charge >= 0.3 is 0 Å². The van der Waals surface area contributed by atoms with E-state index in [-0.39, 0.29) is 12.2 Å². The largest absolute Gasteiger partial charge is 0.482 e. The van der Waals surface area contributed by atoms with Crippen molar-refractivity contribution in [2.24, 2.45) is 0 Å². The average molecular weight is 335 g/mol. The van der Waals surface area contributed by atoms with Gasteiger partial charge in [-0.3, -0.25) is 0 Å². The van der Waals surface area contributed by atoms with E-state index in [0.717, 1.165) is 21.5 Å². The molecular formula is C12H9BrF2O2S. The Balaban J connectivity index is 2.14. The van der Waals surface area contributed by atoms with E-state index in [0.29, 0.717) is 0 Å². The molecule has 96 valence electrons. The van der Waals surface area contributed by atoms with E-state index in [1.165, 1.54) is 11.3 Å². The third kappa shape index (κ3) is 3.07. The number of halogens is 3. The van der Waals surface area contributed by atoms with Gasteiger partial charge in [0.15, 0.2) is 17.4 Å². The van der Waals surface area contributed by atoms with Gasteiger partial charge in [0, 0.05) is 14.7 Å². The van der Waals surface area contributed by atoms with Gasteiger partial charge in [0.05, 0.1) is 6.61 Å². The predicted octanol–water partition coefficient (Wildman–Crippen LogP) is 3.86. The van der Waals surface area contributed by atoms with E-state index in [4.69, 9.17) is 9.84 Å². The van der Waals surface area contributed by atoms with E-state index >= 15 is 0 Å². The van der Waals surface area contributed by atoms with E-state index in [9.17, 15) is 8.78 Å². The summed E-state index contributed by atoms with van der Waals surface area (Å²) in [7, 11) is 0. The summed E-state index contributed by atoms with van der Waals surface area (Å²) in [6.07, 6.45) is 0. The number of hydrogen-bond donors (Lipinski definition) is 1. The van der Waals surface area contributed by atoms with Crippen LogP contribution in [-0.2, 0) is 13.2 Å². The Labute approximate surface area is 115 Å². The molecule has 1 N–H and O–H groups in total. The van der Waals surface area contributed by atoms with Crippen LogP contribution < -0.4 is 4.74 Å². The summed E-state index contributed by atoms with van der Waals surface area (Å²) in [4.78, 5) is 0.854. The second-order valence-corrected chi connectivity index (χ2v) is 5.48. The van der Waals surface area contributed by atoms with E-state index in [1.807, 2.05) is 11.4 Å². The lowest BCUT2D eigenvalue weighted by Gasteiger charge is -2.08. The molecule has 0 spiro atoms. The number of aliphatic hydroxyl groups excluding tert-OH is 1. The van der Waals surface area contributed by atoms with E-state index in [1.54, 1.807) is 0 Å². The molecule has 0 bridgehead atoms. The van der Waals surface area contributed by atoms with Gasteiger partial charge in [-0.15, -0.1) is 11.3 Å². The zero-order valence-corrected chi connectivity index (χ0v) is 11.5. The summed E-state index contributed by atoms with van der Waals surface area (Å²) in [5.41, 5.74) is 0.177. The van der Waals surface area contributed by atoms with Gasteiger partial charge < -0.3 is 9.84 Å². The van der Waals surface area contributed by atoms with Gasteiger partial charge in [-0.1, -0.05) is 0 Å². The first-order chi connectivity index (χ1) is 8.60. The maximum absolute atomic E-state index is 13.5. The third-order valence-corrected chi connectivity index (χ3v) is 3.89. The molecule has 6 heteroatoms. The van der Waals surface area contributed by atoms with Crippen LogP contribution >= 0.6 is 27.3 Å². The van der Waals surface area contributed by atoms with Crippen LogP contribution in [0.3, 0.4) is 0 Å². The van der Waals surface area contributed by atoms with Gasteiger partial charge in [-0.25, -0.2) is 8.78 Å². The Morgan fingerprint density at radius 2 is 1.89 bits per heavy atom. The topological polar surface area (TPSA) is 29.5 Å². The molecule has 0 aliphatic carbocycles. The number of thiophene rings is 1. The van der Waals surface area contributed by atoms with E-state index < -0.39 is 24.0 Å². The van der Waals surface area contributed by atoms with Crippen molar-refractivity contribution in [1.82, 2.24) is 0 Å². The number of ether oxygens (including phenoxy) is 1. The molecular weight excluding hydrogens is 326 g/mol. The second-order valence-electron chi connectivity index (χ2n) is 3.57. The molecule has 0 aliphatic heterocycles. The fraction of sp³-hybridized carbons (Fsp3) is 0.167. The van der Waals surface area contributed by atoms with Gasteiger partial charge in [0.1, 0.15) is 6.61 Å². The molecule has 0 atom stereocenters. The minimum absolute atomic E-state index is 0.0998. The molecule has 0 unspecified atom stereocenters. The predicted molar refractivity (Wildman–Crippen MR) is 68.6 cm³/mol. The summed E-state index contributed by atoms with van der Waals surface area (Å²) in [6, 6.07) is 3.94. The first-order valence-electron chi connectivity index (χ1n) is 5.04. The minimum Gasteiger partial charge on any atom is -0.482 e. The summed E-state index contributed by atoms with van der Waals surface area (Å²) in [5.74, 6) is -2.04. The standard InChI is InChI=1S/C12H9BrF2O2S/c13-8-3-9(18-6-8)5-17-12-10(14)1-7(4-16)2-11(12)15/h1-3,6,16H,4-5H2. The molecule has 2 rings (SSSR count). The Morgan fingerprint density at radius 1 is 1.22 bits per heavy atom. The molecule has 0 amide bonds. The number of benzene rings is 1. The van der Waals surface area contributed by atoms with Gasteiger partial charge in [-0.05, 0) is 39.7 Å². The van der Waals surface area contributed by atoms with Crippen molar-refractivity contribution in [2.45, 2.75) is 13.2 Å². The lowest BCUT2D eigenvalue weighted by molar-refractivity contribution is 0.268. The molecule has 0 saturated heterocycles. The van der Waals surface area contributed by atoms with Gasteiger partial charge in [0.2, 0.25) is 0 Å². The van der Waals surface area contributed by atoms with Gasteiger partial charge in [-0.2, -0.15) is 0 Å². The van der Waals surface area contributed by atoms with Crippen LogP contribution in [0.1, 0.15) is 10.4 Å². The van der Waals surface area contributed by atoms with Crippen molar-refractivity contribution in [2.75, 3.05) is 0 Å². The maximum atomic E-state index is 13.5. The molecule has 2 nitrogen and oxygen atoms in total. The Morgan fingerprint density at radius 3 is 2.39 bits per heavy atom. The zero-order chi connectivity index (χ0) is 13.1. The maximum Gasteiger partial charge on any atom is 0.191 e. The van der Waals surface area contributed by atoms with Crippen molar-refractivity contribution in [1.29, 1.82) is 0 Å². The lowest BCUT2D eigenvalue weighted by atomic mass is 10.2. The summed E-state index contributed by atoms with van der Waals surface area (Å²) >= 11 is 4.72. The smallest absolute Gasteiger partial charge is 0.191 e. The lowest BCUT2D eigenvalue weighted by Crippen LogP contribution is -2.00. The first kappa shape index (κ1) is 13.5. The molecule has 2 aromatic rings. The Kier molecular flexibility index (Phi) is 4.31. The summed E-state index contributed by atoms with van der Waals surface area (Å²) < 4.78 is 33.1. The molecule has 18 heavy (non-hydrogen) atoms. The van der Waals surface area contributed by atoms with Crippen LogP contribution in [0.25, 0.3) is 0 Å². The number of rotatable bonds is 4. The fourth-order valence-electron chi connectivity index (χ4n) is 1.41. The van der Waals surface area contributed by atoms with Gasteiger partial charge in [0.25, 0.3) is 0 Å². The number of aliphatic hydroxyl groups is 1. The van der Waals surface area contributed by atoms with Crippen LogP contribution in [0.2, 0.25) is 0 Å². The van der Waals surface area contributed by atoms with Crippen molar-refractivity contribution < 1.29 is 18.6 Å². The Hall–Kier alpha value is -0.980. The highest BCUT2D eigenvalue weighted by Crippen LogP contribution is 2.26. The highest BCUT2D eigenvalue weighted by molar-refractivity contribution is 9.10. The summed E-state index contributed by atoms with van der Waals surface area (Å²) in [5, 5.41) is 10.7. The molecule has 1 aromatic carbocycles. The van der Waals surface area contributed by atoms with Crippen LogP contribution in [-0.4, -0.2) is 5.11 Å². The number of hydrogen-bond acceptors (Lipinski definition) is 3. The molecule has 0 radical (unpaired) electrons. The SMILES string of the molecule is OCc1cc(F)c(OCc2cc(Br)cs2)c(F)c1. The van der Waals surface area contributed by atoms with Crippen molar-refractivity contribution in [3.05, 3.63) is 50.1 Å². The Bertz CT molecular complexity index is 534. The van der Waals surface area contributed by atoms with Crippen molar-refractivity contribution in [3.63, 3.8) is 0 Å². The average Bonchev–Trinajstić information content (AvgIpc) is 2.73. The minimum atomic E-state index is -0.810. The van der Waals surface area contributed by atoms with Crippen LogP contribution in [0, 0.1) is 11.6 Å². The van der Waals surface area contributed by atoms with Crippen molar-refractivity contribution in [3.8, 4) is 5.75 Å². The van der Waals surface area contributed by atoms with E-state index in [2.05, 4.69) is 15.9 Å². The molecule has 0 saturated carbocycles. The van der Waals surface area contributed by atoms with Crippen molar-refractivity contribution >= 4 is 27.3 Å². The van der Waals surface area contributed by atoms with Crippen LogP contribution in [0.5, 0.6) is 5.75 Å². The quantitative estimate of drug-likeness (QED) is 0.919. The highest BCUT2D eigenvalue weighted by Gasteiger charge is 2.13. The monoisotopic (exact) mass is 334 g/mol. The molecule has 1 heterocycles. The second kappa shape index (κ2) is 5.77. The fourth-order valence-corrected chi connectivity index (χ4v) is 2.78. The highest BCUT2D eigenvalue weighted by atomic mass is 79.9. The zero-order valence-electron chi connectivity index (χ0n) is 9.12. The first-order valence-corrected chi connectivity index (χ1v) is 6.72. The molecule has 0 aliphatic rings. The normalized spacial score (nSPS) is 10.7. The summed E-state index contributed by atoms with van der Waals surface area (Å²) in [6.45, 7) is -0.311.